The first-order chi connectivity index (χ1) is 10.2. The maximum Gasteiger partial charge on any atom is 0.0452 e. The van der Waals surface area contributed by atoms with Crippen LogP contribution in [-0.4, -0.2) is 25.0 Å². The highest BCUT2D eigenvalue weighted by Crippen LogP contribution is 2.23. The maximum absolute atomic E-state index is 3.65. The van der Waals surface area contributed by atoms with Crippen LogP contribution in [-0.2, 0) is 13.0 Å². The number of nitrogens with zero attached hydrogens (tertiary/aromatic N) is 1. The molecule has 1 heterocycles. The zero-order chi connectivity index (χ0) is 14.7. The number of fused-ring (bicyclic) bond motifs is 1. The van der Waals surface area contributed by atoms with Gasteiger partial charge in [-0.3, -0.25) is 0 Å². The van der Waals surface area contributed by atoms with Crippen LogP contribution in [0.3, 0.4) is 0 Å². The molecule has 0 aromatic heterocycles. The second kappa shape index (κ2) is 6.73. The van der Waals surface area contributed by atoms with E-state index in [9.17, 15) is 0 Å². The average Bonchev–Trinajstić information content (AvgIpc) is 2.47. The van der Waals surface area contributed by atoms with Gasteiger partial charge < -0.3 is 10.2 Å². The summed E-state index contributed by atoms with van der Waals surface area (Å²) in [6.45, 7) is 3.08. The summed E-state index contributed by atoms with van der Waals surface area (Å²) in [6, 6.07) is 17.8. The van der Waals surface area contributed by atoms with Gasteiger partial charge in [-0.1, -0.05) is 52.3 Å². The Kier molecular flexibility index (Phi) is 4.73. The molecule has 0 aliphatic carbocycles. The highest BCUT2D eigenvalue weighted by Gasteiger charge is 2.20. The van der Waals surface area contributed by atoms with E-state index in [1.54, 1.807) is 0 Å². The summed E-state index contributed by atoms with van der Waals surface area (Å²) in [5.41, 5.74) is 4.30. The lowest BCUT2D eigenvalue weighted by Crippen LogP contribution is -2.37. The van der Waals surface area contributed by atoms with Crippen molar-refractivity contribution >= 4 is 15.9 Å². The van der Waals surface area contributed by atoms with E-state index in [-0.39, 0.29) is 0 Å². The molecule has 0 fully saturated rings. The minimum absolute atomic E-state index is 0.437. The Hall–Kier alpha value is -1.16. The standard InChI is InChI=1S/C18H21BrN2/c1-21(12-14-5-4-7-16(19)11-14)13-18-17-8-3-2-6-15(17)9-10-20-18/h2-8,11,18,20H,9-10,12-13H2,1H3. The molecule has 1 aliphatic rings. The van der Waals surface area contributed by atoms with Gasteiger partial charge in [0.15, 0.2) is 0 Å². The second-order valence-electron chi connectivity index (χ2n) is 5.78. The van der Waals surface area contributed by atoms with Crippen molar-refractivity contribution in [3.8, 4) is 0 Å². The van der Waals surface area contributed by atoms with Crippen molar-refractivity contribution in [2.24, 2.45) is 0 Å². The first-order valence-corrected chi connectivity index (χ1v) is 8.26. The van der Waals surface area contributed by atoms with Crippen LogP contribution in [0.1, 0.15) is 22.7 Å². The van der Waals surface area contributed by atoms with Gasteiger partial charge in [0.05, 0.1) is 0 Å². The molecule has 1 N–H and O–H groups in total. The van der Waals surface area contributed by atoms with Crippen molar-refractivity contribution in [3.63, 3.8) is 0 Å². The molecule has 0 radical (unpaired) electrons. The molecule has 0 saturated carbocycles. The molecule has 0 amide bonds. The van der Waals surface area contributed by atoms with E-state index >= 15 is 0 Å². The third-order valence-corrected chi connectivity index (χ3v) is 4.54. The van der Waals surface area contributed by atoms with Gasteiger partial charge in [0.25, 0.3) is 0 Å². The Morgan fingerprint density at radius 2 is 2.05 bits per heavy atom. The van der Waals surface area contributed by atoms with Crippen LogP contribution in [0.5, 0.6) is 0 Å². The maximum atomic E-state index is 3.65. The molecule has 1 aliphatic heterocycles. The smallest absolute Gasteiger partial charge is 0.0452 e. The van der Waals surface area contributed by atoms with Gasteiger partial charge in [0, 0.05) is 23.6 Å². The molecule has 0 spiro atoms. The Balaban J connectivity index is 1.67. The first kappa shape index (κ1) is 14.8. The second-order valence-corrected chi connectivity index (χ2v) is 6.70. The predicted octanol–water partition coefficient (Wildman–Crippen LogP) is 3.77. The summed E-state index contributed by atoms with van der Waals surface area (Å²) in [5, 5.41) is 3.65. The molecule has 21 heavy (non-hydrogen) atoms. The molecular formula is C18H21BrN2. The number of hydrogen-bond acceptors (Lipinski definition) is 2. The normalized spacial score (nSPS) is 17.8. The van der Waals surface area contributed by atoms with Crippen LogP contribution in [0.4, 0.5) is 0 Å². The summed E-state index contributed by atoms with van der Waals surface area (Å²) < 4.78 is 1.15. The summed E-state index contributed by atoms with van der Waals surface area (Å²) >= 11 is 3.54. The topological polar surface area (TPSA) is 15.3 Å². The van der Waals surface area contributed by atoms with E-state index in [0.717, 1.165) is 30.5 Å². The van der Waals surface area contributed by atoms with Gasteiger partial charge in [-0.05, 0) is 48.8 Å². The quantitative estimate of drug-likeness (QED) is 0.908. The van der Waals surface area contributed by atoms with Gasteiger partial charge in [-0.2, -0.15) is 0 Å². The monoisotopic (exact) mass is 344 g/mol. The molecule has 1 atom stereocenters. The lowest BCUT2D eigenvalue weighted by atomic mass is 9.94. The molecule has 2 nitrogen and oxygen atoms in total. The number of hydrogen-bond donors (Lipinski definition) is 1. The van der Waals surface area contributed by atoms with E-state index in [2.05, 4.69) is 81.7 Å². The zero-order valence-electron chi connectivity index (χ0n) is 12.3. The van der Waals surface area contributed by atoms with Crippen molar-refractivity contribution in [1.82, 2.24) is 10.2 Å². The summed E-state index contributed by atoms with van der Waals surface area (Å²) in [6.07, 6.45) is 1.14. The summed E-state index contributed by atoms with van der Waals surface area (Å²) in [7, 11) is 2.19. The van der Waals surface area contributed by atoms with Crippen molar-refractivity contribution in [1.29, 1.82) is 0 Å². The van der Waals surface area contributed by atoms with E-state index < -0.39 is 0 Å². The number of rotatable bonds is 4. The fourth-order valence-electron chi connectivity index (χ4n) is 3.08. The van der Waals surface area contributed by atoms with Gasteiger partial charge in [-0.15, -0.1) is 0 Å². The third kappa shape index (κ3) is 3.73. The van der Waals surface area contributed by atoms with E-state index in [1.165, 1.54) is 16.7 Å². The molecule has 2 aromatic rings. The molecule has 1 unspecified atom stereocenters. The molecule has 0 saturated heterocycles. The van der Waals surface area contributed by atoms with Gasteiger partial charge >= 0.3 is 0 Å². The molecule has 110 valence electrons. The van der Waals surface area contributed by atoms with Crippen LogP contribution in [0.25, 0.3) is 0 Å². The van der Waals surface area contributed by atoms with Crippen LogP contribution in [0.2, 0.25) is 0 Å². The first-order valence-electron chi connectivity index (χ1n) is 7.46. The third-order valence-electron chi connectivity index (χ3n) is 4.05. The molecule has 3 rings (SSSR count). The van der Waals surface area contributed by atoms with Gasteiger partial charge in [0.2, 0.25) is 0 Å². The SMILES string of the molecule is CN(Cc1cccc(Br)c1)CC1NCCc2ccccc21. The van der Waals surface area contributed by atoms with Gasteiger partial charge in [0.1, 0.15) is 0 Å². The summed E-state index contributed by atoms with van der Waals surface area (Å²) in [4.78, 5) is 2.39. The molecule has 2 aromatic carbocycles. The molecule has 0 bridgehead atoms. The Labute approximate surface area is 135 Å². The molecular weight excluding hydrogens is 324 g/mol. The van der Waals surface area contributed by atoms with Crippen molar-refractivity contribution < 1.29 is 0 Å². The van der Waals surface area contributed by atoms with Crippen molar-refractivity contribution in [2.75, 3.05) is 20.1 Å². The Morgan fingerprint density at radius 3 is 2.90 bits per heavy atom. The van der Waals surface area contributed by atoms with Crippen LogP contribution in [0.15, 0.2) is 53.0 Å². The number of benzene rings is 2. The fraction of sp³-hybridized carbons (Fsp3) is 0.333. The van der Waals surface area contributed by atoms with Crippen molar-refractivity contribution in [3.05, 3.63) is 69.7 Å². The van der Waals surface area contributed by atoms with Crippen molar-refractivity contribution in [2.45, 2.75) is 19.0 Å². The number of halogens is 1. The summed E-state index contributed by atoms with van der Waals surface area (Å²) in [5.74, 6) is 0. The van der Waals surface area contributed by atoms with Crippen LogP contribution in [0, 0.1) is 0 Å². The van der Waals surface area contributed by atoms with Crippen LogP contribution >= 0.6 is 15.9 Å². The van der Waals surface area contributed by atoms with Crippen LogP contribution < -0.4 is 5.32 Å². The highest BCUT2D eigenvalue weighted by molar-refractivity contribution is 9.10. The zero-order valence-corrected chi connectivity index (χ0v) is 13.9. The Morgan fingerprint density at radius 1 is 1.19 bits per heavy atom. The Bertz CT molecular complexity index is 612. The van der Waals surface area contributed by atoms with E-state index in [1.807, 2.05) is 0 Å². The number of nitrogens with one attached hydrogen (secondary N) is 1. The fourth-order valence-corrected chi connectivity index (χ4v) is 3.53. The number of likely N-dealkylation sites (N-methyl/N-ethyl adjacent to an activating group) is 1. The largest absolute Gasteiger partial charge is 0.309 e. The minimum atomic E-state index is 0.437. The highest BCUT2D eigenvalue weighted by atomic mass is 79.9. The predicted molar refractivity (Wildman–Crippen MR) is 91.4 cm³/mol. The lowest BCUT2D eigenvalue weighted by molar-refractivity contribution is 0.278. The van der Waals surface area contributed by atoms with Gasteiger partial charge in [-0.25, -0.2) is 0 Å². The minimum Gasteiger partial charge on any atom is -0.309 e. The van der Waals surface area contributed by atoms with E-state index in [0.29, 0.717) is 6.04 Å². The lowest BCUT2D eigenvalue weighted by Gasteiger charge is -2.30. The molecule has 3 heteroatoms. The average molecular weight is 345 g/mol. The van der Waals surface area contributed by atoms with E-state index in [4.69, 9.17) is 0 Å².